The van der Waals surface area contributed by atoms with Gasteiger partial charge in [-0.2, -0.15) is 0 Å². The van der Waals surface area contributed by atoms with E-state index >= 15 is 0 Å². The predicted octanol–water partition coefficient (Wildman–Crippen LogP) is 1.32. The van der Waals surface area contributed by atoms with E-state index in [0.29, 0.717) is 19.6 Å². The molecule has 0 spiro atoms. The highest BCUT2D eigenvalue weighted by Crippen LogP contribution is 2.10. The normalized spacial score (nSPS) is 10.4. The SMILES string of the molecule is CCOC(=O)CCCCCOc1ccc([I+]c2ccccc2)cc1. The summed E-state index contributed by atoms with van der Waals surface area (Å²) in [5, 5.41) is 0. The fourth-order valence-corrected chi connectivity index (χ4v) is 4.38. The molecule has 0 heterocycles. The Balaban J connectivity index is 1.63. The Labute approximate surface area is 154 Å². The molecule has 128 valence electrons. The van der Waals surface area contributed by atoms with Crippen molar-refractivity contribution in [1.82, 2.24) is 0 Å². The molecule has 2 aromatic carbocycles. The minimum Gasteiger partial charge on any atom is -0.494 e. The third-order valence-corrected chi connectivity index (χ3v) is 6.05. The molecule has 0 radical (unpaired) electrons. The summed E-state index contributed by atoms with van der Waals surface area (Å²) in [6.07, 6.45) is 3.31. The average molecular weight is 439 g/mol. The van der Waals surface area contributed by atoms with E-state index in [0.717, 1.165) is 25.0 Å². The standard InChI is InChI=1S/C20H24IO3/c1-2-23-20(22)11-7-4-8-16-24-19-14-12-18(13-15-19)21-17-9-5-3-6-10-17/h3,5-6,9-10,12-15H,2,4,7-8,11,16H2,1H3/q+1. The number of rotatable bonds is 10. The van der Waals surface area contributed by atoms with Crippen molar-refractivity contribution < 1.29 is 35.5 Å². The van der Waals surface area contributed by atoms with Crippen molar-refractivity contribution in [1.29, 1.82) is 0 Å². The van der Waals surface area contributed by atoms with Crippen LogP contribution in [0.5, 0.6) is 5.75 Å². The predicted molar refractivity (Wildman–Crippen MR) is 90.9 cm³/mol. The quantitative estimate of drug-likeness (QED) is 0.318. The summed E-state index contributed by atoms with van der Waals surface area (Å²) in [5.74, 6) is 0.817. The third kappa shape index (κ3) is 7.34. The van der Waals surface area contributed by atoms with Gasteiger partial charge in [-0.15, -0.1) is 0 Å². The molecule has 0 fully saturated rings. The molecule has 0 aliphatic carbocycles. The van der Waals surface area contributed by atoms with Crippen LogP contribution >= 0.6 is 0 Å². The first-order valence-corrected chi connectivity index (χ1v) is 10.5. The smallest absolute Gasteiger partial charge is 0.357 e. The van der Waals surface area contributed by atoms with E-state index in [1.165, 1.54) is 7.14 Å². The van der Waals surface area contributed by atoms with Crippen LogP contribution < -0.4 is 25.9 Å². The van der Waals surface area contributed by atoms with E-state index in [-0.39, 0.29) is 27.2 Å². The minimum atomic E-state index is -0.115. The van der Waals surface area contributed by atoms with E-state index in [1.54, 1.807) is 0 Å². The van der Waals surface area contributed by atoms with Crippen molar-refractivity contribution in [3.63, 3.8) is 0 Å². The zero-order valence-corrected chi connectivity index (χ0v) is 16.2. The van der Waals surface area contributed by atoms with Gasteiger partial charge in [0.1, 0.15) is 5.75 Å². The molecule has 0 aliphatic heterocycles. The maximum atomic E-state index is 11.2. The van der Waals surface area contributed by atoms with Crippen LogP contribution in [0.25, 0.3) is 0 Å². The van der Waals surface area contributed by atoms with Gasteiger partial charge >= 0.3 is 27.2 Å². The third-order valence-electron chi connectivity index (χ3n) is 3.36. The summed E-state index contributed by atoms with van der Waals surface area (Å²) in [6, 6.07) is 19.0. The van der Waals surface area contributed by atoms with Crippen LogP contribution in [0.4, 0.5) is 0 Å². The Hall–Kier alpha value is -1.56. The molecule has 0 saturated heterocycles. The molecule has 0 bridgehead atoms. The lowest BCUT2D eigenvalue weighted by molar-refractivity contribution is -0.597. The summed E-state index contributed by atoms with van der Waals surface area (Å²) in [5.41, 5.74) is 0. The molecule has 0 N–H and O–H groups in total. The molecule has 3 nitrogen and oxygen atoms in total. The van der Waals surface area contributed by atoms with Crippen LogP contribution in [-0.2, 0) is 9.53 Å². The molecule has 0 atom stereocenters. The summed E-state index contributed by atoms with van der Waals surface area (Å²) < 4.78 is 13.5. The average Bonchev–Trinajstić information content (AvgIpc) is 2.60. The van der Waals surface area contributed by atoms with E-state index in [2.05, 4.69) is 54.6 Å². The van der Waals surface area contributed by atoms with Crippen molar-refractivity contribution in [2.45, 2.75) is 32.6 Å². The van der Waals surface area contributed by atoms with Crippen LogP contribution in [0.3, 0.4) is 0 Å². The number of carbonyl (C=O) groups is 1. The fourth-order valence-electron chi connectivity index (χ4n) is 2.17. The number of ether oxygens (including phenoxy) is 2. The molecule has 0 amide bonds. The van der Waals surface area contributed by atoms with E-state index in [9.17, 15) is 4.79 Å². The van der Waals surface area contributed by atoms with Gasteiger partial charge in [0.15, 0.2) is 7.14 Å². The number of unbranched alkanes of at least 4 members (excludes halogenated alkanes) is 2. The zero-order valence-electron chi connectivity index (χ0n) is 14.0. The van der Waals surface area contributed by atoms with Gasteiger partial charge in [0.2, 0.25) is 0 Å². The Kier molecular flexibility index (Phi) is 8.66. The lowest BCUT2D eigenvalue weighted by atomic mass is 10.2. The first-order chi connectivity index (χ1) is 11.8. The van der Waals surface area contributed by atoms with Crippen LogP contribution in [0.2, 0.25) is 0 Å². The number of hydrogen-bond donors (Lipinski definition) is 0. The Morgan fingerprint density at radius 1 is 0.917 bits per heavy atom. The summed E-state index contributed by atoms with van der Waals surface area (Å²) >= 11 is -0.115. The van der Waals surface area contributed by atoms with Gasteiger partial charge < -0.3 is 9.47 Å². The summed E-state index contributed by atoms with van der Waals surface area (Å²) in [6.45, 7) is 2.99. The van der Waals surface area contributed by atoms with Gasteiger partial charge in [-0.05, 0) is 62.6 Å². The molecular weight excluding hydrogens is 415 g/mol. The monoisotopic (exact) mass is 439 g/mol. The van der Waals surface area contributed by atoms with Gasteiger partial charge in [-0.3, -0.25) is 4.79 Å². The van der Waals surface area contributed by atoms with Crippen molar-refractivity contribution in [2.24, 2.45) is 0 Å². The Bertz CT molecular complexity index is 596. The van der Waals surface area contributed by atoms with Crippen molar-refractivity contribution in [3.05, 3.63) is 61.7 Å². The number of hydrogen-bond acceptors (Lipinski definition) is 3. The largest absolute Gasteiger partial charge is 0.494 e. The number of carbonyl (C=O) groups excluding carboxylic acids is 1. The van der Waals surface area contributed by atoms with E-state index in [1.807, 2.05) is 6.92 Å². The van der Waals surface area contributed by atoms with Crippen LogP contribution in [-0.4, -0.2) is 19.2 Å². The first-order valence-electron chi connectivity index (χ1n) is 8.36. The zero-order chi connectivity index (χ0) is 17.0. The maximum absolute atomic E-state index is 11.2. The van der Waals surface area contributed by atoms with Gasteiger partial charge in [0, 0.05) is 6.42 Å². The molecule has 2 aromatic rings. The van der Waals surface area contributed by atoms with Crippen molar-refractivity contribution in [3.8, 4) is 5.75 Å². The molecule has 2 rings (SSSR count). The summed E-state index contributed by atoms with van der Waals surface area (Å²) in [7, 11) is 0. The van der Waals surface area contributed by atoms with Crippen LogP contribution in [0, 0.1) is 7.14 Å². The lowest BCUT2D eigenvalue weighted by Gasteiger charge is -2.05. The van der Waals surface area contributed by atoms with E-state index < -0.39 is 0 Å². The highest BCUT2D eigenvalue weighted by Gasteiger charge is 2.14. The highest BCUT2D eigenvalue weighted by molar-refractivity contribution is 5.69. The Morgan fingerprint density at radius 2 is 1.62 bits per heavy atom. The van der Waals surface area contributed by atoms with Gasteiger partial charge in [0.05, 0.1) is 13.2 Å². The molecule has 0 aromatic heterocycles. The highest BCUT2D eigenvalue weighted by atomic mass is 127. The topological polar surface area (TPSA) is 35.5 Å². The molecule has 0 aliphatic rings. The van der Waals surface area contributed by atoms with Crippen LogP contribution in [0.15, 0.2) is 54.6 Å². The number of benzene rings is 2. The second kappa shape index (κ2) is 11.1. The van der Waals surface area contributed by atoms with Gasteiger partial charge in [0.25, 0.3) is 0 Å². The van der Waals surface area contributed by atoms with Crippen molar-refractivity contribution in [2.75, 3.05) is 13.2 Å². The molecule has 24 heavy (non-hydrogen) atoms. The molecule has 0 saturated carbocycles. The molecule has 4 heteroatoms. The van der Waals surface area contributed by atoms with E-state index in [4.69, 9.17) is 9.47 Å². The lowest BCUT2D eigenvalue weighted by Crippen LogP contribution is -3.61. The molecule has 0 unspecified atom stereocenters. The Morgan fingerprint density at radius 3 is 2.33 bits per heavy atom. The molecular formula is C20H24IO3+. The number of halogens is 1. The number of esters is 1. The fraction of sp³-hybridized carbons (Fsp3) is 0.350. The second-order valence-electron chi connectivity index (χ2n) is 5.31. The van der Waals surface area contributed by atoms with Gasteiger partial charge in [-0.1, -0.05) is 18.2 Å². The maximum Gasteiger partial charge on any atom is 0.357 e. The van der Waals surface area contributed by atoms with Gasteiger partial charge in [-0.25, -0.2) is 0 Å². The minimum absolute atomic E-state index is 0.101. The second-order valence-corrected chi connectivity index (χ2v) is 8.34. The van der Waals surface area contributed by atoms with Crippen molar-refractivity contribution >= 4 is 5.97 Å². The first kappa shape index (κ1) is 18.8. The van der Waals surface area contributed by atoms with Crippen LogP contribution in [0.1, 0.15) is 32.6 Å². The summed E-state index contributed by atoms with van der Waals surface area (Å²) in [4.78, 5) is 11.2.